The van der Waals surface area contributed by atoms with Crippen LogP contribution in [0, 0.1) is 0 Å². The molecule has 3 heterocycles. The highest BCUT2D eigenvalue weighted by Crippen LogP contribution is 2.40. The number of fused-ring (bicyclic) bond motifs is 7. The molecule has 0 fully saturated rings. The Kier molecular flexibility index (Phi) is 3.39. The van der Waals surface area contributed by atoms with Gasteiger partial charge in [-0.3, -0.25) is 4.98 Å². The summed E-state index contributed by atoms with van der Waals surface area (Å²) in [4.78, 5) is 21.6. The molecule has 0 atom stereocenters. The molecule has 3 aromatic heterocycles. The molecule has 1 N–H and O–H groups in total. The fourth-order valence-electron chi connectivity index (χ4n) is 4.90. The van der Waals surface area contributed by atoms with Crippen LogP contribution in [-0.2, 0) is 0 Å². The van der Waals surface area contributed by atoms with Crippen molar-refractivity contribution in [3.05, 3.63) is 102 Å². The van der Waals surface area contributed by atoms with Crippen molar-refractivity contribution in [1.29, 1.82) is 0 Å². The van der Waals surface area contributed by atoms with E-state index >= 15 is 0 Å². The summed E-state index contributed by atoms with van der Waals surface area (Å²) in [6.07, 6.45) is 1.82. The number of H-pyrrole nitrogens is 1. The second kappa shape index (κ2) is 6.28. The van der Waals surface area contributed by atoms with E-state index in [0.717, 1.165) is 54.6 Å². The fraction of sp³-hybridized carbons (Fsp3) is 0. The molecular weight excluding hydrogens is 396 g/mol. The molecular formula is C28H16N2O2. The van der Waals surface area contributed by atoms with Crippen molar-refractivity contribution in [2.24, 2.45) is 0 Å². The minimum absolute atomic E-state index is 0.352. The van der Waals surface area contributed by atoms with E-state index in [4.69, 9.17) is 4.42 Å². The van der Waals surface area contributed by atoms with Crippen LogP contribution in [-0.4, -0.2) is 9.97 Å². The largest absolute Gasteiger partial charge is 0.422 e. The maximum atomic E-state index is 13.4. The quantitative estimate of drug-likeness (QED) is 0.183. The van der Waals surface area contributed by atoms with Crippen molar-refractivity contribution in [2.75, 3.05) is 0 Å². The van der Waals surface area contributed by atoms with E-state index in [-0.39, 0.29) is 5.63 Å². The normalized spacial score (nSPS) is 11.9. The van der Waals surface area contributed by atoms with Crippen LogP contribution < -0.4 is 5.63 Å². The van der Waals surface area contributed by atoms with Gasteiger partial charge in [0.15, 0.2) is 0 Å². The van der Waals surface area contributed by atoms with Crippen LogP contribution in [0.1, 0.15) is 0 Å². The Balaban J connectivity index is 1.82. The summed E-state index contributed by atoms with van der Waals surface area (Å²) in [5, 5.41) is 5.64. The van der Waals surface area contributed by atoms with E-state index in [9.17, 15) is 4.79 Å². The minimum Gasteiger partial charge on any atom is -0.422 e. The van der Waals surface area contributed by atoms with Crippen molar-refractivity contribution in [3.8, 4) is 11.1 Å². The maximum absolute atomic E-state index is 13.4. The van der Waals surface area contributed by atoms with Crippen LogP contribution in [0.25, 0.3) is 65.6 Å². The average molecular weight is 412 g/mol. The number of benzene rings is 4. The molecule has 0 aliphatic rings. The van der Waals surface area contributed by atoms with Crippen LogP contribution in [0.15, 0.2) is 100 Å². The Bertz CT molecular complexity index is 1910. The Morgan fingerprint density at radius 3 is 2.44 bits per heavy atom. The molecule has 0 unspecified atom stereocenters. The van der Waals surface area contributed by atoms with E-state index in [2.05, 4.69) is 46.4 Å². The summed E-state index contributed by atoms with van der Waals surface area (Å²) in [6.45, 7) is 0. The number of hydrogen-bond donors (Lipinski definition) is 1. The number of aromatic amines is 1. The number of pyridine rings is 1. The van der Waals surface area contributed by atoms with Gasteiger partial charge in [0.2, 0.25) is 0 Å². The number of aromatic nitrogens is 2. The number of nitrogens with zero attached hydrogens (tertiary/aromatic N) is 1. The molecule has 0 saturated carbocycles. The molecule has 0 bridgehead atoms. The highest BCUT2D eigenvalue weighted by atomic mass is 16.4. The van der Waals surface area contributed by atoms with E-state index in [1.165, 1.54) is 0 Å². The summed E-state index contributed by atoms with van der Waals surface area (Å²) in [7, 11) is 0. The highest BCUT2D eigenvalue weighted by molar-refractivity contribution is 6.21. The first-order valence-corrected chi connectivity index (χ1v) is 10.5. The van der Waals surface area contributed by atoms with Gasteiger partial charge in [-0.2, -0.15) is 0 Å². The summed E-state index contributed by atoms with van der Waals surface area (Å²) >= 11 is 0. The Morgan fingerprint density at radius 2 is 1.50 bits per heavy atom. The van der Waals surface area contributed by atoms with Gasteiger partial charge in [0.05, 0.1) is 21.9 Å². The smallest absolute Gasteiger partial charge is 0.346 e. The first-order chi connectivity index (χ1) is 15.8. The van der Waals surface area contributed by atoms with Gasteiger partial charge in [-0.1, -0.05) is 66.7 Å². The molecule has 0 spiro atoms. The van der Waals surface area contributed by atoms with Gasteiger partial charge in [0.25, 0.3) is 0 Å². The van der Waals surface area contributed by atoms with Gasteiger partial charge < -0.3 is 9.40 Å². The fourth-order valence-corrected chi connectivity index (χ4v) is 4.90. The van der Waals surface area contributed by atoms with Crippen molar-refractivity contribution < 1.29 is 4.42 Å². The number of nitrogens with one attached hydrogen (secondary N) is 1. The second-order valence-electron chi connectivity index (χ2n) is 8.03. The van der Waals surface area contributed by atoms with Crippen LogP contribution in [0.5, 0.6) is 0 Å². The molecule has 7 rings (SSSR count). The Morgan fingerprint density at radius 1 is 0.688 bits per heavy atom. The lowest BCUT2D eigenvalue weighted by Gasteiger charge is -2.15. The number of rotatable bonds is 1. The lowest BCUT2D eigenvalue weighted by atomic mass is 9.92. The SMILES string of the molecule is O=c1oc2ccccc2c2[nH]c3c(ccc4ccnc43)c(-c3cccc4ccccc34)c12. The second-order valence-corrected chi connectivity index (χ2v) is 8.03. The highest BCUT2D eigenvalue weighted by Gasteiger charge is 2.20. The topological polar surface area (TPSA) is 58.9 Å². The Hall–Kier alpha value is -4.44. The molecule has 150 valence electrons. The van der Waals surface area contributed by atoms with E-state index in [1.807, 2.05) is 54.7 Å². The van der Waals surface area contributed by atoms with Gasteiger partial charge in [-0.15, -0.1) is 0 Å². The molecule has 4 nitrogen and oxygen atoms in total. The molecule has 7 aromatic rings. The van der Waals surface area contributed by atoms with Crippen LogP contribution in [0.4, 0.5) is 0 Å². The van der Waals surface area contributed by atoms with Gasteiger partial charge in [0.1, 0.15) is 5.58 Å². The average Bonchev–Trinajstić information content (AvgIpc) is 3.32. The molecule has 0 aliphatic heterocycles. The zero-order chi connectivity index (χ0) is 21.2. The maximum Gasteiger partial charge on any atom is 0.346 e. The lowest BCUT2D eigenvalue weighted by Crippen LogP contribution is -2.04. The molecule has 4 aromatic carbocycles. The van der Waals surface area contributed by atoms with Gasteiger partial charge >= 0.3 is 5.63 Å². The van der Waals surface area contributed by atoms with Crippen molar-refractivity contribution in [3.63, 3.8) is 0 Å². The molecule has 0 saturated heterocycles. The summed E-state index contributed by atoms with van der Waals surface area (Å²) in [5.74, 6) is 0. The van der Waals surface area contributed by atoms with E-state index in [0.29, 0.717) is 11.0 Å². The predicted octanol–water partition coefficient (Wildman–Crippen LogP) is 6.80. The van der Waals surface area contributed by atoms with E-state index < -0.39 is 0 Å². The van der Waals surface area contributed by atoms with Crippen LogP contribution in [0.3, 0.4) is 0 Å². The number of hydrogen-bond acceptors (Lipinski definition) is 3. The van der Waals surface area contributed by atoms with Crippen LogP contribution >= 0.6 is 0 Å². The first kappa shape index (κ1) is 17.3. The molecule has 0 radical (unpaired) electrons. The monoisotopic (exact) mass is 412 g/mol. The van der Waals surface area contributed by atoms with Crippen molar-refractivity contribution >= 4 is 54.5 Å². The molecule has 0 aliphatic carbocycles. The third kappa shape index (κ3) is 2.26. The van der Waals surface area contributed by atoms with Gasteiger partial charge in [0, 0.05) is 27.9 Å². The summed E-state index contributed by atoms with van der Waals surface area (Å²) in [6, 6.07) is 28.2. The van der Waals surface area contributed by atoms with E-state index in [1.54, 1.807) is 0 Å². The third-order valence-corrected chi connectivity index (χ3v) is 6.31. The minimum atomic E-state index is -0.352. The standard InChI is InChI=1S/C28H16N2O2/c31-28-24-23(19-10-5-7-16-6-1-2-8-18(16)19)21-13-12-17-14-15-29-25(17)27(21)30-26(24)20-9-3-4-11-22(20)32-28/h1-15,30H. The zero-order valence-corrected chi connectivity index (χ0v) is 16.9. The summed E-state index contributed by atoms with van der Waals surface area (Å²) < 4.78 is 5.78. The van der Waals surface area contributed by atoms with Crippen molar-refractivity contribution in [2.45, 2.75) is 0 Å². The third-order valence-electron chi connectivity index (χ3n) is 6.31. The van der Waals surface area contributed by atoms with Crippen molar-refractivity contribution in [1.82, 2.24) is 9.97 Å². The first-order valence-electron chi connectivity index (χ1n) is 10.5. The predicted molar refractivity (Wildman–Crippen MR) is 130 cm³/mol. The van der Waals surface area contributed by atoms with Gasteiger partial charge in [-0.05, 0) is 34.5 Å². The summed E-state index contributed by atoms with van der Waals surface area (Å²) in [5.41, 5.74) is 4.66. The lowest BCUT2D eigenvalue weighted by molar-refractivity contribution is 0.569. The molecule has 32 heavy (non-hydrogen) atoms. The van der Waals surface area contributed by atoms with Gasteiger partial charge in [-0.25, -0.2) is 4.79 Å². The Labute approximate surface area is 181 Å². The zero-order valence-electron chi connectivity index (χ0n) is 16.9. The van der Waals surface area contributed by atoms with Crippen LogP contribution in [0.2, 0.25) is 0 Å². The molecule has 4 heteroatoms. The molecule has 0 amide bonds. The number of para-hydroxylation sites is 1.